The summed E-state index contributed by atoms with van der Waals surface area (Å²) in [6.07, 6.45) is 2.94. The zero-order valence-corrected chi connectivity index (χ0v) is 10.3. The Morgan fingerprint density at radius 3 is 2.76 bits per heavy atom. The molecule has 0 spiro atoms. The van der Waals surface area contributed by atoms with E-state index in [1.807, 2.05) is 14.0 Å². The minimum absolute atomic E-state index is 0.148. The second kappa shape index (κ2) is 3.33. The number of aliphatic hydroxyl groups is 1. The third-order valence-electron chi connectivity index (χ3n) is 3.81. The fourth-order valence-corrected chi connectivity index (χ4v) is 2.72. The number of benzene rings is 1. The number of hydrogen-bond acceptors (Lipinski definition) is 2. The molecule has 0 bridgehead atoms. The monoisotopic (exact) mass is 231 g/mol. The first-order valence-electron chi connectivity index (χ1n) is 6.10. The third kappa shape index (κ3) is 1.75. The van der Waals surface area contributed by atoms with E-state index in [-0.39, 0.29) is 5.91 Å². The van der Waals surface area contributed by atoms with E-state index in [0.29, 0.717) is 12.8 Å². The van der Waals surface area contributed by atoms with Crippen LogP contribution in [0.4, 0.5) is 5.69 Å². The highest BCUT2D eigenvalue weighted by molar-refractivity contribution is 6.02. The van der Waals surface area contributed by atoms with Crippen LogP contribution < -0.4 is 4.90 Å². The number of nitrogens with zero attached hydrogens (tertiary/aromatic N) is 1. The molecule has 3 nitrogen and oxygen atoms in total. The summed E-state index contributed by atoms with van der Waals surface area (Å²) >= 11 is 0. The molecule has 0 atom stereocenters. The van der Waals surface area contributed by atoms with Gasteiger partial charge in [0, 0.05) is 13.5 Å². The highest BCUT2D eigenvalue weighted by atomic mass is 16.3. The molecule has 90 valence electrons. The summed E-state index contributed by atoms with van der Waals surface area (Å²) in [4.78, 5) is 13.5. The van der Waals surface area contributed by atoms with Crippen molar-refractivity contribution in [1.29, 1.82) is 0 Å². The van der Waals surface area contributed by atoms with Crippen LogP contribution in [0.25, 0.3) is 0 Å². The van der Waals surface area contributed by atoms with E-state index in [1.54, 1.807) is 4.90 Å². The lowest BCUT2D eigenvalue weighted by atomic mass is 9.98. The van der Waals surface area contributed by atoms with Crippen LogP contribution in [0.5, 0.6) is 0 Å². The van der Waals surface area contributed by atoms with Crippen molar-refractivity contribution in [3.05, 3.63) is 28.8 Å². The van der Waals surface area contributed by atoms with Gasteiger partial charge in [0.05, 0.1) is 17.7 Å². The predicted octanol–water partition coefficient (Wildman–Crippen LogP) is 1.58. The number of hydrogen-bond donors (Lipinski definition) is 1. The molecule has 1 amide bonds. The van der Waals surface area contributed by atoms with Crippen LogP contribution >= 0.6 is 0 Å². The van der Waals surface area contributed by atoms with E-state index in [2.05, 4.69) is 12.1 Å². The molecule has 1 aliphatic heterocycles. The van der Waals surface area contributed by atoms with Crippen LogP contribution in [0.1, 0.15) is 29.5 Å². The first-order valence-corrected chi connectivity index (χ1v) is 6.10. The molecular formula is C14H17NO2. The minimum atomic E-state index is -0.506. The molecule has 0 unspecified atom stereocenters. The van der Waals surface area contributed by atoms with Gasteiger partial charge in [-0.25, -0.2) is 0 Å². The van der Waals surface area contributed by atoms with Gasteiger partial charge in [-0.2, -0.15) is 0 Å². The normalized spacial score (nSPS) is 20.6. The third-order valence-corrected chi connectivity index (χ3v) is 3.81. The van der Waals surface area contributed by atoms with Gasteiger partial charge in [-0.1, -0.05) is 17.7 Å². The SMILES string of the molecule is Cc1cc2c(c(CC3(O)CC3)c1)N(C)C(=O)C2. The number of rotatable bonds is 2. The van der Waals surface area contributed by atoms with Gasteiger partial charge in [-0.05, 0) is 30.9 Å². The number of carbonyl (C=O) groups excluding carboxylic acids is 1. The molecule has 1 aromatic carbocycles. The van der Waals surface area contributed by atoms with Gasteiger partial charge in [0.1, 0.15) is 0 Å². The molecule has 0 saturated heterocycles. The van der Waals surface area contributed by atoms with E-state index in [9.17, 15) is 9.90 Å². The molecule has 1 heterocycles. The fourth-order valence-electron chi connectivity index (χ4n) is 2.72. The minimum Gasteiger partial charge on any atom is -0.390 e. The maximum Gasteiger partial charge on any atom is 0.231 e. The van der Waals surface area contributed by atoms with Gasteiger partial charge >= 0.3 is 0 Å². The molecule has 2 aliphatic rings. The number of aryl methyl sites for hydroxylation is 1. The summed E-state index contributed by atoms with van der Waals surface area (Å²) in [5.41, 5.74) is 3.92. The average molecular weight is 231 g/mol. The quantitative estimate of drug-likeness (QED) is 0.839. The second-order valence-corrected chi connectivity index (χ2v) is 5.46. The van der Waals surface area contributed by atoms with E-state index in [1.165, 1.54) is 5.56 Å². The second-order valence-electron chi connectivity index (χ2n) is 5.46. The average Bonchev–Trinajstić information content (AvgIpc) is 2.87. The maximum absolute atomic E-state index is 11.7. The van der Waals surface area contributed by atoms with Gasteiger partial charge < -0.3 is 10.0 Å². The standard InChI is InChI=1S/C14H17NO2/c1-9-5-10-7-12(16)15(2)13(10)11(6-9)8-14(17)3-4-14/h5-6,17H,3-4,7-8H2,1-2H3. The molecule has 3 rings (SSSR count). The first kappa shape index (κ1) is 10.8. The Kier molecular flexibility index (Phi) is 2.11. The zero-order valence-electron chi connectivity index (χ0n) is 10.3. The summed E-state index contributed by atoms with van der Waals surface area (Å²) in [7, 11) is 1.82. The fraction of sp³-hybridized carbons (Fsp3) is 0.500. The first-order chi connectivity index (χ1) is 7.98. The molecule has 1 aromatic rings. The molecule has 0 aromatic heterocycles. The molecule has 1 saturated carbocycles. The van der Waals surface area contributed by atoms with Crippen LogP contribution in [0.2, 0.25) is 0 Å². The molecule has 1 aliphatic carbocycles. The Balaban J connectivity index is 2.06. The highest BCUT2D eigenvalue weighted by Gasteiger charge is 2.41. The highest BCUT2D eigenvalue weighted by Crippen LogP contribution is 2.42. The number of likely N-dealkylation sites (N-methyl/N-ethyl adjacent to an activating group) is 1. The van der Waals surface area contributed by atoms with Gasteiger partial charge in [0.2, 0.25) is 5.91 Å². The van der Waals surface area contributed by atoms with E-state index in [4.69, 9.17) is 0 Å². The van der Waals surface area contributed by atoms with Crippen LogP contribution in [-0.2, 0) is 17.6 Å². The lowest BCUT2D eigenvalue weighted by molar-refractivity contribution is -0.117. The molecular weight excluding hydrogens is 214 g/mol. The van der Waals surface area contributed by atoms with Gasteiger partial charge in [-0.15, -0.1) is 0 Å². The van der Waals surface area contributed by atoms with Crippen molar-refractivity contribution in [2.24, 2.45) is 0 Å². The molecule has 1 fully saturated rings. The van der Waals surface area contributed by atoms with Crippen molar-refractivity contribution >= 4 is 11.6 Å². The summed E-state index contributed by atoms with van der Waals surface area (Å²) in [5.74, 6) is 0.148. The Morgan fingerprint density at radius 1 is 1.41 bits per heavy atom. The zero-order chi connectivity index (χ0) is 12.2. The summed E-state index contributed by atoms with van der Waals surface area (Å²) in [6.45, 7) is 2.05. The van der Waals surface area contributed by atoms with Crippen molar-refractivity contribution in [2.75, 3.05) is 11.9 Å². The predicted molar refractivity (Wildman–Crippen MR) is 66.2 cm³/mol. The smallest absolute Gasteiger partial charge is 0.231 e. The molecule has 3 heteroatoms. The number of amides is 1. The van der Waals surface area contributed by atoms with Gasteiger partial charge in [-0.3, -0.25) is 4.79 Å². The number of fused-ring (bicyclic) bond motifs is 1. The largest absolute Gasteiger partial charge is 0.390 e. The van der Waals surface area contributed by atoms with Crippen molar-refractivity contribution < 1.29 is 9.90 Å². The van der Waals surface area contributed by atoms with Crippen molar-refractivity contribution in [2.45, 2.75) is 38.2 Å². The van der Waals surface area contributed by atoms with Crippen LogP contribution in [-0.4, -0.2) is 23.7 Å². The summed E-state index contributed by atoms with van der Waals surface area (Å²) < 4.78 is 0. The van der Waals surface area contributed by atoms with Gasteiger partial charge in [0.25, 0.3) is 0 Å². The van der Waals surface area contributed by atoms with Crippen LogP contribution in [0, 0.1) is 6.92 Å². The Morgan fingerprint density at radius 2 is 2.12 bits per heavy atom. The van der Waals surface area contributed by atoms with Crippen LogP contribution in [0.15, 0.2) is 12.1 Å². The van der Waals surface area contributed by atoms with E-state index in [0.717, 1.165) is 29.7 Å². The Bertz CT molecular complexity index is 503. The summed E-state index contributed by atoms with van der Waals surface area (Å²) in [5, 5.41) is 10.1. The lowest BCUT2D eigenvalue weighted by Crippen LogP contribution is -2.22. The molecule has 17 heavy (non-hydrogen) atoms. The van der Waals surface area contributed by atoms with Crippen molar-refractivity contribution in [3.8, 4) is 0 Å². The topological polar surface area (TPSA) is 40.5 Å². The Hall–Kier alpha value is -1.35. The Labute approximate surface area is 101 Å². The van der Waals surface area contributed by atoms with E-state index < -0.39 is 5.60 Å². The van der Waals surface area contributed by atoms with E-state index >= 15 is 0 Å². The van der Waals surface area contributed by atoms with Crippen molar-refractivity contribution in [1.82, 2.24) is 0 Å². The molecule has 1 N–H and O–H groups in total. The maximum atomic E-state index is 11.7. The molecule has 0 radical (unpaired) electrons. The van der Waals surface area contributed by atoms with Crippen molar-refractivity contribution in [3.63, 3.8) is 0 Å². The lowest BCUT2D eigenvalue weighted by Gasteiger charge is -2.18. The summed E-state index contributed by atoms with van der Waals surface area (Å²) in [6, 6.07) is 4.18. The number of carbonyl (C=O) groups is 1. The van der Waals surface area contributed by atoms with Crippen LogP contribution in [0.3, 0.4) is 0 Å². The van der Waals surface area contributed by atoms with Gasteiger partial charge in [0.15, 0.2) is 0 Å². The number of anilines is 1.